The third kappa shape index (κ3) is 3.82. The highest BCUT2D eigenvalue weighted by Crippen LogP contribution is 2.24. The summed E-state index contributed by atoms with van der Waals surface area (Å²) in [6, 6.07) is 5.78. The molecule has 1 aliphatic heterocycles. The number of rotatable bonds is 4. The van der Waals surface area contributed by atoms with E-state index in [2.05, 4.69) is 29.8 Å². The van der Waals surface area contributed by atoms with Crippen molar-refractivity contribution in [2.24, 2.45) is 5.92 Å². The Morgan fingerprint density at radius 3 is 2.74 bits per heavy atom. The number of amides is 1. The van der Waals surface area contributed by atoms with Gasteiger partial charge < -0.3 is 10.2 Å². The van der Waals surface area contributed by atoms with E-state index in [0.717, 1.165) is 47.5 Å². The maximum absolute atomic E-state index is 12.6. The predicted octanol–water partition coefficient (Wildman–Crippen LogP) is 2.59. The van der Waals surface area contributed by atoms with Crippen LogP contribution in [0, 0.1) is 19.8 Å². The number of carbonyl (C=O) groups excluding carboxylic acids is 1. The molecule has 9 heteroatoms. The molecule has 3 aromatic rings. The van der Waals surface area contributed by atoms with Crippen molar-refractivity contribution in [1.82, 2.24) is 24.1 Å². The Kier molecular flexibility index (Phi) is 4.85. The maximum atomic E-state index is 12.6. The first-order valence-electron chi connectivity index (χ1n) is 8.93. The van der Waals surface area contributed by atoms with Crippen LogP contribution in [0.3, 0.4) is 0 Å². The van der Waals surface area contributed by atoms with Crippen molar-refractivity contribution in [3.63, 3.8) is 0 Å². The number of anilines is 2. The quantitative estimate of drug-likeness (QED) is 0.745. The predicted molar refractivity (Wildman–Crippen MR) is 104 cm³/mol. The fourth-order valence-electron chi connectivity index (χ4n) is 3.28. The second-order valence-electron chi connectivity index (χ2n) is 6.70. The summed E-state index contributed by atoms with van der Waals surface area (Å²) in [5, 5.41) is 12.5. The van der Waals surface area contributed by atoms with Crippen molar-refractivity contribution in [2.75, 3.05) is 23.3 Å². The second kappa shape index (κ2) is 7.43. The minimum absolute atomic E-state index is 0.0435. The van der Waals surface area contributed by atoms with Crippen LogP contribution in [0.2, 0.25) is 0 Å². The van der Waals surface area contributed by atoms with Gasteiger partial charge in [-0.2, -0.15) is 4.37 Å². The molecule has 1 saturated heterocycles. The van der Waals surface area contributed by atoms with Crippen LogP contribution in [0.15, 0.2) is 30.6 Å². The molecular weight excluding hydrogens is 362 g/mol. The second-order valence-corrected chi connectivity index (χ2v) is 7.51. The zero-order valence-electron chi connectivity index (χ0n) is 15.3. The number of aromatic nitrogens is 5. The van der Waals surface area contributed by atoms with Crippen molar-refractivity contribution in [1.29, 1.82) is 0 Å². The summed E-state index contributed by atoms with van der Waals surface area (Å²) < 4.78 is 6.09. The number of aryl methyl sites for hydroxylation is 2. The number of carbonyl (C=O) groups is 1. The van der Waals surface area contributed by atoms with Gasteiger partial charge in [0.25, 0.3) is 0 Å². The number of hydrogen-bond donors (Lipinski definition) is 1. The van der Waals surface area contributed by atoms with E-state index in [0.29, 0.717) is 6.54 Å². The summed E-state index contributed by atoms with van der Waals surface area (Å²) in [6.45, 7) is 5.36. The molecule has 1 unspecified atom stereocenters. The summed E-state index contributed by atoms with van der Waals surface area (Å²) in [7, 11) is 0. The van der Waals surface area contributed by atoms with Gasteiger partial charge in [-0.15, -0.1) is 10.2 Å². The topological polar surface area (TPSA) is 88.8 Å². The number of piperidine rings is 1. The molecule has 4 heterocycles. The zero-order valence-corrected chi connectivity index (χ0v) is 16.1. The van der Waals surface area contributed by atoms with Crippen molar-refractivity contribution >= 4 is 28.3 Å². The van der Waals surface area contributed by atoms with E-state index >= 15 is 0 Å². The minimum atomic E-state index is -0.0708. The summed E-state index contributed by atoms with van der Waals surface area (Å²) in [5.74, 6) is 2.37. The van der Waals surface area contributed by atoms with Crippen LogP contribution in [0.1, 0.15) is 24.4 Å². The van der Waals surface area contributed by atoms with E-state index < -0.39 is 0 Å². The lowest BCUT2D eigenvalue weighted by Crippen LogP contribution is -2.41. The molecule has 0 aromatic carbocycles. The molecule has 1 amide bonds. The lowest BCUT2D eigenvalue weighted by Gasteiger charge is -2.32. The molecule has 4 rings (SSSR count). The van der Waals surface area contributed by atoms with Crippen molar-refractivity contribution in [3.05, 3.63) is 42.1 Å². The molecular formula is C18H21N7OS. The van der Waals surface area contributed by atoms with Crippen molar-refractivity contribution in [3.8, 4) is 5.82 Å². The molecule has 1 aliphatic rings. The Morgan fingerprint density at radius 1 is 1.26 bits per heavy atom. The van der Waals surface area contributed by atoms with Gasteiger partial charge in [0.1, 0.15) is 10.8 Å². The molecule has 8 nitrogen and oxygen atoms in total. The van der Waals surface area contributed by atoms with E-state index in [-0.39, 0.29) is 11.8 Å². The maximum Gasteiger partial charge on any atom is 0.229 e. The van der Waals surface area contributed by atoms with Gasteiger partial charge in [0, 0.05) is 25.5 Å². The van der Waals surface area contributed by atoms with Gasteiger partial charge in [-0.3, -0.25) is 9.36 Å². The molecule has 1 N–H and O–H groups in total. The first-order valence-corrected chi connectivity index (χ1v) is 9.70. The van der Waals surface area contributed by atoms with Gasteiger partial charge in [0.2, 0.25) is 5.91 Å². The Balaban J connectivity index is 1.43. The van der Waals surface area contributed by atoms with Crippen LogP contribution in [-0.2, 0) is 4.79 Å². The standard InChI is InChI=1S/C18H21N7OS/c1-12-10-17(27-23-12)20-18(26)14-4-3-8-24(11-14)15-5-6-16(22-21-15)25-9-7-19-13(25)2/h5-7,9-10,14H,3-4,8,11H2,1-2H3,(H,20,26). The molecule has 1 atom stereocenters. The van der Waals surface area contributed by atoms with Crippen LogP contribution < -0.4 is 10.2 Å². The van der Waals surface area contributed by atoms with E-state index in [1.165, 1.54) is 11.5 Å². The highest BCUT2D eigenvalue weighted by atomic mass is 32.1. The molecule has 0 saturated carbocycles. The highest BCUT2D eigenvalue weighted by molar-refractivity contribution is 7.10. The highest BCUT2D eigenvalue weighted by Gasteiger charge is 2.27. The van der Waals surface area contributed by atoms with Crippen LogP contribution in [-0.4, -0.2) is 43.1 Å². The van der Waals surface area contributed by atoms with E-state index in [4.69, 9.17) is 0 Å². The average molecular weight is 383 g/mol. The number of nitrogens with one attached hydrogen (secondary N) is 1. The normalized spacial score (nSPS) is 17.1. The minimum Gasteiger partial charge on any atom is -0.354 e. The van der Waals surface area contributed by atoms with E-state index in [9.17, 15) is 4.79 Å². The molecule has 27 heavy (non-hydrogen) atoms. The van der Waals surface area contributed by atoms with Crippen LogP contribution in [0.5, 0.6) is 0 Å². The Hall–Kier alpha value is -2.81. The third-order valence-electron chi connectivity index (χ3n) is 4.70. The van der Waals surface area contributed by atoms with E-state index in [1.54, 1.807) is 6.20 Å². The Bertz CT molecular complexity index is 933. The van der Waals surface area contributed by atoms with Gasteiger partial charge in [-0.1, -0.05) is 0 Å². The number of hydrogen-bond acceptors (Lipinski definition) is 7. The van der Waals surface area contributed by atoms with Gasteiger partial charge in [0.15, 0.2) is 11.6 Å². The number of imidazole rings is 1. The van der Waals surface area contributed by atoms with Crippen LogP contribution >= 0.6 is 11.5 Å². The van der Waals surface area contributed by atoms with Crippen LogP contribution in [0.25, 0.3) is 5.82 Å². The summed E-state index contributed by atoms with van der Waals surface area (Å²) >= 11 is 1.32. The number of nitrogens with zero attached hydrogens (tertiary/aromatic N) is 6. The molecule has 0 spiro atoms. The third-order valence-corrected chi connectivity index (χ3v) is 5.50. The van der Waals surface area contributed by atoms with Crippen molar-refractivity contribution < 1.29 is 4.79 Å². The zero-order chi connectivity index (χ0) is 18.8. The smallest absolute Gasteiger partial charge is 0.229 e. The molecule has 3 aromatic heterocycles. The summed E-state index contributed by atoms with van der Waals surface area (Å²) in [5.41, 5.74) is 0.920. The molecule has 1 fully saturated rings. The van der Waals surface area contributed by atoms with E-state index in [1.807, 2.05) is 42.8 Å². The fraction of sp³-hybridized carbons (Fsp3) is 0.389. The average Bonchev–Trinajstić information content (AvgIpc) is 3.30. The molecule has 0 bridgehead atoms. The lowest BCUT2D eigenvalue weighted by molar-refractivity contribution is -0.120. The van der Waals surface area contributed by atoms with Gasteiger partial charge >= 0.3 is 0 Å². The molecule has 0 radical (unpaired) electrons. The van der Waals surface area contributed by atoms with Gasteiger partial charge in [0.05, 0.1) is 11.6 Å². The largest absolute Gasteiger partial charge is 0.354 e. The van der Waals surface area contributed by atoms with Crippen LogP contribution in [0.4, 0.5) is 10.8 Å². The fourth-order valence-corrected chi connectivity index (χ4v) is 3.95. The van der Waals surface area contributed by atoms with Gasteiger partial charge in [-0.25, -0.2) is 4.98 Å². The molecule has 140 valence electrons. The first kappa shape index (κ1) is 17.6. The Morgan fingerprint density at radius 2 is 2.07 bits per heavy atom. The summed E-state index contributed by atoms with van der Waals surface area (Å²) in [4.78, 5) is 18.9. The van der Waals surface area contributed by atoms with Gasteiger partial charge in [-0.05, 0) is 56.4 Å². The first-order chi connectivity index (χ1) is 13.1. The Labute approximate surface area is 161 Å². The molecule has 0 aliphatic carbocycles. The SMILES string of the molecule is Cc1cc(NC(=O)C2CCCN(c3ccc(-n4ccnc4C)nn3)C2)sn1. The lowest BCUT2D eigenvalue weighted by atomic mass is 9.97. The summed E-state index contributed by atoms with van der Waals surface area (Å²) in [6.07, 6.45) is 5.43. The van der Waals surface area contributed by atoms with Crippen molar-refractivity contribution in [2.45, 2.75) is 26.7 Å². The monoisotopic (exact) mass is 383 g/mol.